The van der Waals surface area contributed by atoms with Crippen molar-refractivity contribution >= 4 is 17.3 Å². The Morgan fingerprint density at radius 2 is 1.76 bits per heavy atom. The predicted octanol–water partition coefficient (Wildman–Crippen LogP) is 4.59. The molecule has 0 N–H and O–H groups in total. The molecule has 0 bridgehead atoms. The number of thiazole rings is 1. The molecule has 0 aliphatic heterocycles. The van der Waals surface area contributed by atoms with Crippen LogP contribution in [-0.4, -0.2) is 24.7 Å². The number of carbonyl (C=O) groups excluding carboxylic acids is 1. The fourth-order valence-electron chi connectivity index (χ4n) is 2.49. The number of benzene rings is 2. The number of esters is 1. The van der Waals surface area contributed by atoms with Gasteiger partial charge in [0.15, 0.2) is 0 Å². The van der Waals surface area contributed by atoms with E-state index in [-0.39, 0.29) is 12.4 Å². The molecular formula is C20H19NO3S. The molecule has 0 unspecified atom stereocenters. The number of nitrogens with zero attached hydrogens (tertiary/aromatic N) is 1. The topological polar surface area (TPSA) is 48.4 Å². The van der Waals surface area contributed by atoms with Gasteiger partial charge in [-0.2, -0.15) is 0 Å². The van der Waals surface area contributed by atoms with Crippen LogP contribution in [-0.2, 0) is 16.0 Å². The van der Waals surface area contributed by atoms with Gasteiger partial charge in [-0.25, -0.2) is 4.98 Å². The van der Waals surface area contributed by atoms with Crippen LogP contribution in [0.5, 0.6) is 5.75 Å². The molecule has 25 heavy (non-hydrogen) atoms. The van der Waals surface area contributed by atoms with Crippen molar-refractivity contribution in [2.24, 2.45) is 0 Å². The molecule has 0 amide bonds. The number of hydrogen-bond acceptors (Lipinski definition) is 5. The molecule has 0 aliphatic rings. The molecule has 2 aromatic carbocycles. The molecule has 0 aliphatic carbocycles. The summed E-state index contributed by atoms with van der Waals surface area (Å²) >= 11 is 1.53. The first-order valence-electron chi connectivity index (χ1n) is 8.06. The van der Waals surface area contributed by atoms with Gasteiger partial charge in [-0.1, -0.05) is 30.3 Å². The Balaban J connectivity index is 2.01. The lowest BCUT2D eigenvalue weighted by Gasteiger charge is -2.04. The predicted molar refractivity (Wildman–Crippen MR) is 99.9 cm³/mol. The lowest BCUT2D eigenvalue weighted by molar-refractivity contribution is -0.142. The molecule has 0 fully saturated rings. The van der Waals surface area contributed by atoms with Crippen molar-refractivity contribution in [2.75, 3.05) is 13.7 Å². The van der Waals surface area contributed by atoms with Crippen LogP contribution in [0.25, 0.3) is 21.8 Å². The van der Waals surface area contributed by atoms with Crippen LogP contribution in [0.15, 0.2) is 54.6 Å². The molecule has 0 saturated heterocycles. The zero-order chi connectivity index (χ0) is 17.6. The van der Waals surface area contributed by atoms with Crippen LogP contribution in [0.2, 0.25) is 0 Å². The van der Waals surface area contributed by atoms with Crippen LogP contribution in [0, 0.1) is 0 Å². The summed E-state index contributed by atoms with van der Waals surface area (Å²) < 4.78 is 10.3. The third kappa shape index (κ3) is 4.06. The highest BCUT2D eigenvalue weighted by Crippen LogP contribution is 2.35. The van der Waals surface area contributed by atoms with Crippen LogP contribution in [0.3, 0.4) is 0 Å². The fourth-order valence-corrected chi connectivity index (χ4v) is 3.57. The average Bonchev–Trinajstić information content (AvgIpc) is 3.06. The van der Waals surface area contributed by atoms with Gasteiger partial charge >= 0.3 is 5.97 Å². The quantitative estimate of drug-likeness (QED) is 0.608. The summed E-state index contributed by atoms with van der Waals surface area (Å²) in [5.41, 5.74) is 2.82. The SMILES string of the molecule is CCOC(=O)Cc1sc(-c2ccccc2)nc1-c1ccc(OC)cc1. The molecule has 3 aromatic rings. The normalized spacial score (nSPS) is 10.5. The number of carbonyl (C=O) groups is 1. The lowest BCUT2D eigenvalue weighted by Crippen LogP contribution is -2.07. The van der Waals surface area contributed by atoms with E-state index in [1.807, 2.05) is 61.5 Å². The van der Waals surface area contributed by atoms with E-state index in [1.54, 1.807) is 7.11 Å². The van der Waals surface area contributed by atoms with E-state index in [1.165, 1.54) is 11.3 Å². The molecule has 128 valence electrons. The van der Waals surface area contributed by atoms with Crippen molar-refractivity contribution in [1.82, 2.24) is 4.98 Å². The maximum Gasteiger partial charge on any atom is 0.311 e. The van der Waals surface area contributed by atoms with Gasteiger partial charge in [-0.15, -0.1) is 11.3 Å². The zero-order valence-corrected chi connectivity index (χ0v) is 15.0. The summed E-state index contributed by atoms with van der Waals surface area (Å²) in [6.07, 6.45) is 0.222. The van der Waals surface area contributed by atoms with Gasteiger partial charge in [0, 0.05) is 16.0 Å². The van der Waals surface area contributed by atoms with Gasteiger partial charge in [0.1, 0.15) is 10.8 Å². The second-order valence-corrected chi connectivity index (χ2v) is 6.45. The second-order valence-electron chi connectivity index (χ2n) is 5.37. The van der Waals surface area contributed by atoms with Crippen molar-refractivity contribution in [3.8, 4) is 27.6 Å². The fraction of sp³-hybridized carbons (Fsp3) is 0.200. The van der Waals surface area contributed by atoms with Crippen LogP contribution < -0.4 is 4.74 Å². The summed E-state index contributed by atoms with van der Waals surface area (Å²) in [6, 6.07) is 17.7. The molecule has 1 heterocycles. The van der Waals surface area contributed by atoms with E-state index in [2.05, 4.69) is 0 Å². The largest absolute Gasteiger partial charge is 0.497 e. The van der Waals surface area contributed by atoms with Gasteiger partial charge in [0.25, 0.3) is 0 Å². The van der Waals surface area contributed by atoms with Gasteiger partial charge in [-0.05, 0) is 31.2 Å². The summed E-state index contributed by atoms with van der Waals surface area (Å²) in [6.45, 7) is 2.19. The number of rotatable bonds is 6. The summed E-state index contributed by atoms with van der Waals surface area (Å²) in [4.78, 5) is 17.7. The van der Waals surface area contributed by atoms with Crippen LogP contribution >= 0.6 is 11.3 Å². The van der Waals surface area contributed by atoms with E-state index in [9.17, 15) is 4.79 Å². The van der Waals surface area contributed by atoms with Crippen molar-refractivity contribution in [2.45, 2.75) is 13.3 Å². The van der Waals surface area contributed by atoms with E-state index < -0.39 is 0 Å². The monoisotopic (exact) mass is 353 g/mol. The molecule has 4 nitrogen and oxygen atoms in total. The molecule has 1 aromatic heterocycles. The minimum atomic E-state index is -0.236. The molecule has 3 rings (SSSR count). The summed E-state index contributed by atoms with van der Waals surface area (Å²) in [7, 11) is 1.64. The highest BCUT2D eigenvalue weighted by molar-refractivity contribution is 7.15. The van der Waals surface area contributed by atoms with Crippen LogP contribution in [0.1, 0.15) is 11.8 Å². The standard InChI is InChI=1S/C20H19NO3S/c1-3-24-18(22)13-17-19(14-9-11-16(23-2)12-10-14)21-20(25-17)15-7-5-4-6-8-15/h4-12H,3,13H2,1-2H3. The number of methoxy groups -OCH3 is 1. The van der Waals surface area contributed by atoms with Crippen LogP contribution in [0.4, 0.5) is 0 Å². The van der Waals surface area contributed by atoms with Gasteiger partial charge < -0.3 is 9.47 Å². The average molecular weight is 353 g/mol. The van der Waals surface area contributed by atoms with Crippen molar-refractivity contribution in [3.05, 3.63) is 59.5 Å². The second kappa shape index (κ2) is 7.94. The van der Waals surface area contributed by atoms with E-state index in [0.29, 0.717) is 6.61 Å². The van der Waals surface area contributed by atoms with Crippen molar-refractivity contribution in [1.29, 1.82) is 0 Å². The summed E-state index contributed by atoms with van der Waals surface area (Å²) in [5.74, 6) is 0.551. The highest BCUT2D eigenvalue weighted by atomic mass is 32.1. The molecule has 0 atom stereocenters. The lowest BCUT2D eigenvalue weighted by atomic mass is 10.1. The Kier molecular flexibility index (Phi) is 5.46. The number of ether oxygens (including phenoxy) is 2. The Morgan fingerprint density at radius 3 is 2.40 bits per heavy atom. The van der Waals surface area contributed by atoms with E-state index in [0.717, 1.165) is 32.5 Å². The third-order valence-electron chi connectivity index (χ3n) is 3.69. The Labute approximate surface area is 151 Å². The minimum absolute atomic E-state index is 0.222. The smallest absolute Gasteiger partial charge is 0.311 e. The Morgan fingerprint density at radius 1 is 1.04 bits per heavy atom. The first kappa shape index (κ1) is 17.2. The highest BCUT2D eigenvalue weighted by Gasteiger charge is 2.17. The van der Waals surface area contributed by atoms with E-state index >= 15 is 0 Å². The first-order chi connectivity index (χ1) is 12.2. The molecular weight excluding hydrogens is 334 g/mol. The number of aromatic nitrogens is 1. The maximum atomic E-state index is 12.0. The van der Waals surface area contributed by atoms with Gasteiger partial charge in [0.05, 0.1) is 25.8 Å². The van der Waals surface area contributed by atoms with Gasteiger partial charge in [-0.3, -0.25) is 4.79 Å². The van der Waals surface area contributed by atoms with Crippen molar-refractivity contribution < 1.29 is 14.3 Å². The summed E-state index contributed by atoms with van der Waals surface area (Å²) in [5, 5.41) is 0.894. The first-order valence-corrected chi connectivity index (χ1v) is 8.88. The van der Waals surface area contributed by atoms with Crippen molar-refractivity contribution in [3.63, 3.8) is 0 Å². The van der Waals surface area contributed by atoms with E-state index in [4.69, 9.17) is 14.5 Å². The zero-order valence-electron chi connectivity index (χ0n) is 14.2. The van der Waals surface area contributed by atoms with Gasteiger partial charge in [0.2, 0.25) is 0 Å². The third-order valence-corrected chi connectivity index (χ3v) is 4.80. The number of hydrogen-bond donors (Lipinski definition) is 0. The molecule has 0 spiro atoms. The Bertz CT molecular complexity index is 841. The Hall–Kier alpha value is -2.66. The minimum Gasteiger partial charge on any atom is -0.497 e. The molecule has 5 heteroatoms. The molecule has 0 saturated carbocycles. The molecule has 0 radical (unpaired) electrons. The maximum absolute atomic E-state index is 12.0.